The van der Waals surface area contributed by atoms with Gasteiger partial charge in [0.05, 0.1) is 44.5 Å². The molecule has 29 heavy (non-hydrogen) atoms. The largest absolute Gasteiger partial charge is 0.378 e. The van der Waals surface area contributed by atoms with E-state index < -0.39 is 10.0 Å². The van der Waals surface area contributed by atoms with Crippen LogP contribution < -0.4 is 0 Å². The van der Waals surface area contributed by atoms with Crippen molar-refractivity contribution in [2.24, 2.45) is 0 Å². The zero-order valence-electron chi connectivity index (χ0n) is 17.5. The van der Waals surface area contributed by atoms with E-state index in [1.807, 2.05) is 13.0 Å². The maximum absolute atomic E-state index is 13.0. The Morgan fingerprint density at radius 2 is 1.31 bits per heavy atom. The fourth-order valence-electron chi connectivity index (χ4n) is 2.33. The molecule has 0 saturated carbocycles. The van der Waals surface area contributed by atoms with Crippen molar-refractivity contribution in [2.45, 2.75) is 11.8 Å². The van der Waals surface area contributed by atoms with Crippen molar-refractivity contribution >= 4 is 10.0 Å². The molecule has 0 aliphatic carbocycles. The van der Waals surface area contributed by atoms with E-state index in [0.717, 1.165) is 5.56 Å². The molecule has 1 aromatic carbocycles. The fraction of sp³-hybridized carbons (Fsp3) is 0.684. The monoisotopic (exact) mass is 435 g/mol. The third-order valence-corrected chi connectivity index (χ3v) is 5.64. The topological polar surface area (TPSA) is 92.8 Å². The molecular formula is C19H33NO8S. The summed E-state index contributed by atoms with van der Waals surface area (Å²) in [5.74, 6) is 0. The van der Waals surface area contributed by atoms with Gasteiger partial charge in [0.25, 0.3) is 0 Å². The minimum Gasteiger partial charge on any atom is -0.378 e. The maximum atomic E-state index is 13.0. The third kappa shape index (κ3) is 11.0. The molecule has 0 bridgehead atoms. The highest BCUT2D eigenvalue weighted by Gasteiger charge is 2.24. The Hall–Kier alpha value is -1.11. The minimum atomic E-state index is -3.66. The van der Waals surface area contributed by atoms with Crippen LogP contribution in [0.5, 0.6) is 0 Å². The molecular weight excluding hydrogens is 402 g/mol. The van der Waals surface area contributed by atoms with Crippen LogP contribution in [-0.2, 0) is 38.4 Å². The number of hydrogen-bond donors (Lipinski definition) is 0. The molecule has 1 rings (SSSR count). The van der Waals surface area contributed by atoms with Gasteiger partial charge in [-0.3, -0.25) is 0 Å². The van der Waals surface area contributed by atoms with Crippen LogP contribution in [0.1, 0.15) is 5.56 Å². The van der Waals surface area contributed by atoms with Gasteiger partial charge in [0.1, 0.15) is 13.6 Å². The molecule has 168 valence electrons. The lowest BCUT2D eigenvalue weighted by Gasteiger charge is -2.22. The average Bonchev–Trinajstić information content (AvgIpc) is 2.70. The van der Waals surface area contributed by atoms with Crippen molar-refractivity contribution in [1.29, 1.82) is 0 Å². The van der Waals surface area contributed by atoms with Crippen molar-refractivity contribution in [3.63, 3.8) is 0 Å². The predicted molar refractivity (Wildman–Crippen MR) is 107 cm³/mol. The van der Waals surface area contributed by atoms with Crippen LogP contribution >= 0.6 is 0 Å². The number of nitrogens with zero attached hydrogens (tertiary/aromatic N) is 1. The van der Waals surface area contributed by atoms with Gasteiger partial charge in [0.15, 0.2) is 0 Å². The number of benzene rings is 1. The van der Waals surface area contributed by atoms with Crippen molar-refractivity contribution in [2.75, 3.05) is 80.5 Å². The molecule has 9 nitrogen and oxygen atoms in total. The lowest BCUT2D eigenvalue weighted by Crippen LogP contribution is -2.37. The first-order valence-corrected chi connectivity index (χ1v) is 10.8. The first-order chi connectivity index (χ1) is 14.0. The van der Waals surface area contributed by atoms with Crippen molar-refractivity contribution in [1.82, 2.24) is 4.31 Å². The van der Waals surface area contributed by atoms with Gasteiger partial charge in [-0.1, -0.05) is 12.1 Å². The number of hydrogen-bond acceptors (Lipinski definition) is 8. The summed E-state index contributed by atoms with van der Waals surface area (Å²) in [6.45, 7) is 4.64. The predicted octanol–water partition coefficient (Wildman–Crippen LogP) is 1.26. The van der Waals surface area contributed by atoms with E-state index in [4.69, 9.17) is 28.4 Å². The van der Waals surface area contributed by atoms with Crippen LogP contribution in [0.2, 0.25) is 0 Å². The van der Waals surface area contributed by atoms with E-state index in [2.05, 4.69) is 0 Å². The molecule has 0 aliphatic heterocycles. The SMILES string of the molecule is COCOCCOCCN(CCOCCOCOC)S(=O)(=O)c1cccc(C)c1. The summed E-state index contributed by atoms with van der Waals surface area (Å²) in [7, 11) is -0.571. The van der Waals surface area contributed by atoms with E-state index in [-0.39, 0.29) is 44.8 Å². The minimum absolute atomic E-state index is 0.197. The molecule has 0 N–H and O–H groups in total. The highest BCUT2D eigenvalue weighted by molar-refractivity contribution is 7.89. The van der Waals surface area contributed by atoms with Gasteiger partial charge >= 0.3 is 0 Å². The van der Waals surface area contributed by atoms with Gasteiger partial charge in [-0.05, 0) is 24.6 Å². The average molecular weight is 436 g/mol. The van der Waals surface area contributed by atoms with E-state index in [9.17, 15) is 8.42 Å². The van der Waals surface area contributed by atoms with Gasteiger partial charge in [-0.2, -0.15) is 4.31 Å². The van der Waals surface area contributed by atoms with Gasteiger partial charge in [-0.25, -0.2) is 8.42 Å². The molecule has 10 heteroatoms. The summed E-state index contributed by atoms with van der Waals surface area (Å²) >= 11 is 0. The van der Waals surface area contributed by atoms with Crippen LogP contribution in [0, 0.1) is 6.92 Å². The summed E-state index contributed by atoms with van der Waals surface area (Å²) in [6.07, 6.45) is 0. The first kappa shape index (κ1) is 25.9. The Bertz CT molecular complexity index is 623. The lowest BCUT2D eigenvalue weighted by molar-refractivity contribution is -0.0530. The quantitative estimate of drug-likeness (QED) is 0.251. The second-order valence-electron chi connectivity index (χ2n) is 6.07. The highest BCUT2D eigenvalue weighted by atomic mass is 32.2. The summed E-state index contributed by atoms with van der Waals surface area (Å²) in [6, 6.07) is 6.83. The molecule has 0 fully saturated rings. The van der Waals surface area contributed by atoms with Crippen LogP contribution in [0.15, 0.2) is 29.2 Å². The second kappa shape index (κ2) is 15.7. The second-order valence-corrected chi connectivity index (χ2v) is 8.01. The third-order valence-electron chi connectivity index (χ3n) is 3.74. The molecule has 0 heterocycles. The van der Waals surface area contributed by atoms with Gasteiger partial charge in [0, 0.05) is 27.3 Å². The Morgan fingerprint density at radius 1 is 0.793 bits per heavy atom. The van der Waals surface area contributed by atoms with Gasteiger partial charge < -0.3 is 28.4 Å². The van der Waals surface area contributed by atoms with Crippen molar-refractivity contribution in [3.8, 4) is 0 Å². The molecule has 0 radical (unpaired) electrons. The standard InChI is InChI=1S/C19H33NO8S/c1-18-5-4-6-19(15-18)29(21,22)20(7-9-25-11-13-27-16-23-2)8-10-26-12-14-28-17-24-3/h4-6,15H,7-14,16-17H2,1-3H3. The molecule has 0 amide bonds. The molecule has 0 aromatic heterocycles. The summed E-state index contributed by atoms with van der Waals surface area (Å²) in [4.78, 5) is 0.254. The Labute approximate surface area is 173 Å². The summed E-state index contributed by atoms with van der Waals surface area (Å²) in [5.41, 5.74) is 0.879. The van der Waals surface area contributed by atoms with Gasteiger partial charge in [0.2, 0.25) is 10.0 Å². The summed E-state index contributed by atoms with van der Waals surface area (Å²) < 4.78 is 58.2. The number of sulfonamides is 1. The van der Waals surface area contributed by atoms with E-state index in [0.29, 0.717) is 26.4 Å². The molecule has 0 saturated heterocycles. The molecule has 0 atom stereocenters. The van der Waals surface area contributed by atoms with Crippen LogP contribution in [0.3, 0.4) is 0 Å². The Kier molecular flexibility index (Phi) is 14.0. The van der Waals surface area contributed by atoms with E-state index in [1.54, 1.807) is 32.4 Å². The zero-order chi connectivity index (χ0) is 21.4. The number of aryl methyl sites for hydroxylation is 1. The zero-order valence-corrected chi connectivity index (χ0v) is 18.3. The molecule has 1 aromatic rings. The number of ether oxygens (including phenoxy) is 6. The number of rotatable bonds is 18. The Morgan fingerprint density at radius 3 is 1.79 bits per heavy atom. The fourth-order valence-corrected chi connectivity index (χ4v) is 3.85. The van der Waals surface area contributed by atoms with Crippen molar-refractivity contribution < 1.29 is 36.8 Å². The van der Waals surface area contributed by atoms with Crippen LogP contribution in [-0.4, -0.2) is 93.3 Å². The normalized spacial score (nSPS) is 12.0. The van der Waals surface area contributed by atoms with E-state index in [1.165, 1.54) is 4.31 Å². The molecule has 0 spiro atoms. The first-order valence-electron chi connectivity index (χ1n) is 9.38. The smallest absolute Gasteiger partial charge is 0.243 e. The highest BCUT2D eigenvalue weighted by Crippen LogP contribution is 2.16. The molecule has 0 unspecified atom stereocenters. The van der Waals surface area contributed by atoms with Gasteiger partial charge in [-0.15, -0.1) is 0 Å². The van der Waals surface area contributed by atoms with Crippen LogP contribution in [0.25, 0.3) is 0 Å². The molecule has 0 aliphatic rings. The van der Waals surface area contributed by atoms with Crippen molar-refractivity contribution in [3.05, 3.63) is 29.8 Å². The van der Waals surface area contributed by atoms with E-state index >= 15 is 0 Å². The lowest BCUT2D eigenvalue weighted by atomic mass is 10.2. The maximum Gasteiger partial charge on any atom is 0.243 e. The summed E-state index contributed by atoms with van der Waals surface area (Å²) in [5, 5.41) is 0. The Balaban J connectivity index is 2.56. The number of methoxy groups -OCH3 is 2. The van der Waals surface area contributed by atoms with Crippen LogP contribution in [0.4, 0.5) is 0 Å².